The van der Waals surface area contributed by atoms with E-state index in [0.29, 0.717) is 26.4 Å². The molecular formula is C15H32O5SSi. The zero-order valence-corrected chi connectivity index (χ0v) is 16.7. The fourth-order valence-corrected chi connectivity index (χ4v) is 5.83. The van der Waals surface area contributed by atoms with Crippen molar-refractivity contribution in [3.63, 3.8) is 0 Å². The first kappa shape index (κ1) is 21.9. The molecule has 0 saturated heterocycles. The highest BCUT2D eigenvalue weighted by molar-refractivity contribution is 8.01. The molecule has 0 aromatic carbocycles. The molecule has 0 aliphatic heterocycles. The third kappa shape index (κ3) is 7.96. The Morgan fingerprint density at radius 2 is 1.45 bits per heavy atom. The van der Waals surface area contributed by atoms with E-state index in [0.717, 1.165) is 18.2 Å². The van der Waals surface area contributed by atoms with Crippen molar-refractivity contribution in [1.82, 2.24) is 0 Å². The largest absolute Gasteiger partial charge is 0.500 e. The van der Waals surface area contributed by atoms with Crippen LogP contribution in [0, 0.1) is 0 Å². The molecule has 7 heteroatoms. The first-order chi connectivity index (χ1) is 10.4. The smallest absolute Gasteiger partial charge is 0.465 e. The van der Waals surface area contributed by atoms with Crippen molar-refractivity contribution in [3.8, 4) is 0 Å². The Morgan fingerprint density at radius 1 is 0.955 bits per heavy atom. The molecule has 0 atom stereocenters. The van der Waals surface area contributed by atoms with E-state index >= 15 is 0 Å². The van der Waals surface area contributed by atoms with Crippen LogP contribution in [0.15, 0.2) is 0 Å². The lowest BCUT2D eigenvalue weighted by Gasteiger charge is -2.29. The van der Waals surface area contributed by atoms with Crippen molar-refractivity contribution in [2.24, 2.45) is 0 Å². The maximum Gasteiger partial charge on any atom is 0.500 e. The normalized spacial score (nSPS) is 12.5. The molecule has 0 heterocycles. The third-order valence-corrected chi connectivity index (χ3v) is 7.48. The second-order valence-corrected chi connectivity index (χ2v) is 9.61. The van der Waals surface area contributed by atoms with Crippen LogP contribution in [-0.4, -0.2) is 51.7 Å². The Balaban J connectivity index is 4.40. The summed E-state index contributed by atoms with van der Waals surface area (Å²) in [5.74, 6) is 0.677. The molecule has 0 radical (unpaired) electrons. The molecule has 0 unspecified atom stereocenters. The highest BCUT2D eigenvalue weighted by atomic mass is 32.2. The molecule has 22 heavy (non-hydrogen) atoms. The van der Waals surface area contributed by atoms with Gasteiger partial charge in [-0.05, 0) is 53.7 Å². The van der Waals surface area contributed by atoms with Gasteiger partial charge in [0.15, 0.2) is 0 Å². The van der Waals surface area contributed by atoms with Crippen LogP contribution < -0.4 is 0 Å². The van der Waals surface area contributed by atoms with E-state index in [1.807, 2.05) is 41.5 Å². The Morgan fingerprint density at radius 3 is 1.86 bits per heavy atom. The summed E-state index contributed by atoms with van der Waals surface area (Å²) < 4.78 is 22.0. The molecule has 0 aromatic heterocycles. The van der Waals surface area contributed by atoms with Gasteiger partial charge in [-0.25, -0.2) is 0 Å². The lowest BCUT2D eigenvalue weighted by atomic mass is 10.2. The van der Waals surface area contributed by atoms with Crippen LogP contribution in [0.2, 0.25) is 6.04 Å². The molecule has 132 valence electrons. The van der Waals surface area contributed by atoms with Crippen molar-refractivity contribution in [3.05, 3.63) is 0 Å². The molecule has 0 bridgehead atoms. The Hall–Kier alpha value is -0.0831. The lowest BCUT2D eigenvalue weighted by Crippen LogP contribution is -2.46. The molecule has 0 aliphatic carbocycles. The Kier molecular flexibility index (Phi) is 11.4. The number of hydrogen-bond acceptors (Lipinski definition) is 6. The number of carbonyl (C=O) groups is 1. The molecule has 5 nitrogen and oxygen atoms in total. The van der Waals surface area contributed by atoms with Gasteiger partial charge in [-0.15, -0.1) is 11.8 Å². The summed E-state index contributed by atoms with van der Waals surface area (Å²) in [5.41, 5.74) is 0. The van der Waals surface area contributed by atoms with E-state index < -0.39 is 13.6 Å². The number of esters is 1. The fraction of sp³-hybridized carbons (Fsp3) is 0.933. The summed E-state index contributed by atoms with van der Waals surface area (Å²) in [6.07, 6.45) is 0.889. The summed E-state index contributed by atoms with van der Waals surface area (Å²) in [4.78, 5) is 11.9. The van der Waals surface area contributed by atoms with Crippen molar-refractivity contribution >= 4 is 26.5 Å². The first-order valence-corrected chi connectivity index (χ1v) is 11.0. The van der Waals surface area contributed by atoms with Gasteiger partial charge in [-0.2, -0.15) is 0 Å². The van der Waals surface area contributed by atoms with Gasteiger partial charge in [-0.3, -0.25) is 4.79 Å². The van der Waals surface area contributed by atoms with Crippen molar-refractivity contribution in [1.29, 1.82) is 0 Å². The molecule has 0 rings (SSSR count). The lowest BCUT2D eigenvalue weighted by molar-refractivity contribution is -0.145. The van der Waals surface area contributed by atoms with Crippen LogP contribution in [-0.2, 0) is 22.8 Å². The minimum absolute atomic E-state index is 0.164. The van der Waals surface area contributed by atoms with Gasteiger partial charge < -0.3 is 18.0 Å². The number of thioether (sulfide) groups is 1. The molecular weight excluding hydrogens is 320 g/mol. The van der Waals surface area contributed by atoms with Gasteiger partial charge in [0.2, 0.25) is 0 Å². The predicted octanol–water partition coefficient (Wildman–Crippen LogP) is 3.50. The maximum absolute atomic E-state index is 11.9. The summed E-state index contributed by atoms with van der Waals surface area (Å²) >= 11 is 1.60. The Labute approximate surface area is 140 Å². The molecule has 0 fully saturated rings. The van der Waals surface area contributed by atoms with Crippen LogP contribution >= 0.6 is 11.8 Å². The topological polar surface area (TPSA) is 54.0 Å². The highest BCUT2D eigenvalue weighted by Crippen LogP contribution is 2.28. The van der Waals surface area contributed by atoms with Gasteiger partial charge >= 0.3 is 14.8 Å². The van der Waals surface area contributed by atoms with Crippen molar-refractivity contribution in [2.75, 3.05) is 32.2 Å². The number of ether oxygens (including phenoxy) is 1. The average molecular weight is 353 g/mol. The van der Waals surface area contributed by atoms with E-state index in [4.69, 9.17) is 18.0 Å². The number of hydrogen-bond donors (Lipinski definition) is 0. The van der Waals surface area contributed by atoms with Gasteiger partial charge in [0.05, 0.1) is 6.61 Å². The van der Waals surface area contributed by atoms with Gasteiger partial charge in [0, 0.05) is 25.9 Å². The monoisotopic (exact) mass is 352 g/mol. The first-order valence-electron chi connectivity index (χ1n) is 8.10. The SMILES string of the molecule is CCOC(=O)C(C)(C)SCCC[Si](OCC)(OCC)OCC. The summed E-state index contributed by atoms with van der Waals surface area (Å²) in [7, 11) is -2.56. The third-order valence-electron chi connectivity index (χ3n) is 2.95. The molecule has 0 spiro atoms. The quantitative estimate of drug-likeness (QED) is 0.287. The van der Waals surface area contributed by atoms with Crippen LogP contribution in [0.5, 0.6) is 0 Å². The summed E-state index contributed by atoms with van der Waals surface area (Å²) in [6, 6.07) is 0.772. The molecule has 0 saturated carbocycles. The molecule has 0 N–H and O–H groups in total. The van der Waals surface area contributed by atoms with E-state index in [2.05, 4.69) is 0 Å². The number of rotatable bonds is 13. The van der Waals surface area contributed by atoms with E-state index in [9.17, 15) is 4.79 Å². The van der Waals surface area contributed by atoms with Gasteiger partial charge in [-0.1, -0.05) is 0 Å². The van der Waals surface area contributed by atoms with Crippen LogP contribution in [0.4, 0.5) is 0 Å². The second kappa shape index (κ2) is 11.5. The zero-order chi connectivity index (χ0) is 17.1. The minimum Gasteiger partial charge on any atom is -0.465 e. The van der Waals surface area contributed by atoms with Crippen molar-refractivity contribution < 1.29 is 22.8 Å². The second-order valence-electron chi connectivity index (χ2n) is 5.16. The van der Waals surface area contributed by atoms with Crippen LogP contribution in [0.1, 0.15) is 48.0 Å². The zero-order valence-electron chi connectivity index (χ0n) is 14.9. The van der Waals surface area contributed by atoms with Gasteiger partial charge in [0.1, 0.15) is 4.75 Å². The van der Waals surface area contributed by atoms with E-state index in [1.165, 1.54) is 0 Å². The summed E-state index contributed by atoms with van der Waals surface area (Å²) in [6.45, 7) is 13.7. The molecule has 0 aromatic rings. The molecule has 0 amide bonds. The van der Waals surface area contributed by atoms with Crippen LogP contribution in [0.25, 0.3) is 0 Å². The number of carbonyl (C=O) groups excluding carboxylic acids is 1. The average Bonchev–Trinajstić information content (AvgIpc) is 2.45. The maximum atomic E-state index is 11.9. The standard InChI is InChI=1S/C15H32O5SSi/c1-7-17-14(16)15(5,6)21-12-11-13-22(18-8-2,19-9-3)20-10-4/h7-13H2,1-6H3. The molecule has 0 aliphatic rings. The Bertz CT molecular complexity index is 295. The highest BCUT2D eigenvalue weighted by Gasteiger charge is 2.40. The van der Waals surface area contributed by atoms with E-state index in [-0.39, 0.29) is 5.97 Å². The minimum atomic E-state index is -2.56. The van der Waals surface area contributed by atoms with Crippen molar-refractivity contribution in [2.45, 2.75) is 58.8 Å². The van der Waals surface area contributed by atoms with Crippen LogP contribution in [0.3, 0.4) is 0 Å². The van der Waals surface area contributed by atoms with Gasteiger partial charge in [0.25, 0.3) is 0 Å². The summed E-state index contributed by atoms with van der Waals surface area (Å²) in [5, 5.41) is 0. The predicted molar refractivity (Wildman–Crippen MR) is 93.2 cm³/mol. The fourth-order valence-electron chi connectivity index (χ4n) is 1.98. The van der Waals surface area contributed by atoms with E-state index in [1.54, 1.807) is 11.8 Å².